The zero-order chi connectivity index (χ0) is 15.5. The van der Waals surface area contributed by atoms with E-state index in [2.05, 4.69) is 10.0 Å². The summed E-state index contributed by atoms with van der Waals surface area (Å²) in [5.74, 6) is -0.164. The van der Waals surface area contributed by atoms with Crippen molar-refractivity contribution in [3.05, 3.63) is 23.8 Å². The van der Waals surface area contributed by atoms with Crippen molar-refractivity contribution in [3.63, 3.8) is 0 Å². The van der Waals surface area contributed by atoms with Crippen LogP contribution in [0.4, 0.5) is 5.69 Å². The third-order valence-electron chi connectivity index (χ3n) is 3.27. The summed E-state index contributed by atoms with van der Waals surface area (Å²) in [5, 5.41) is 2.70. The molecule has 6 nitrogen and oxygen atoms in total. The number of amides is 1. The second kappa shape index (κ2) is 6.55. The van der Waals surface area contributed by atoms with Crippen molar-refractivity contribution in [1.29, 1.82) is 0 Å². The molecule has 0 heterocycles. The molecular weight excluding hydrogens is 290 g/mol. The quantitative estimate of drug-likeness (QED) is 0.702. The maximum Gasteiger partial charge on any atom is 0.241 e. The molecule has 1 saturated carbocycles. The molecule has 1 amide bonds. The number of carbonyl (C=O) groups is 1. The molecule has 1 aromatic carbocycles. The lowest BCUT2D eigenvalue weighted by molar-refractivity contribution is -0.116. The largest absolute Gasteiger partial charge is 0.330 e. The third-order valence-corrected chi connectivity index (χ3v) is 4.93. The van der Waals surface area contributed by atoms with Crippen LogP contribution in [0.3, 0.4) is 0 Å². The van der Waals surface area contributed by atoms with Gasteiger partial charge in [-0.2, -0.15) is 0 Å². The summed E-state index contributed by atoms with van der Waals surface area (Å²) < 4.78 is 27.2. The van der Waals surface area contributed by atoms with Crippen LogP contribution in [0.2, 0.25) is 0 Å². The Labute approximate surface area is 125 Å². The van der Waals surface area contributed by atoms with Gasteiger partial charge in [-0.15, -0.1) is 0 Å². The minimum absolute atomic E-state index is 0.0530. The molecule has 1 aromatic rings. The molecule has 0 spiro atoms. The second-order valence-corrected chi connectivity index (χ2v) is 7.00. The summed E-state index contributed by atoms with van der Waals surface area (Å²) in [6, 6.07) is 4.95. The molecule has 1 aliphatic carbocycles. The SMILES string of the molecule is Cc1ccc(NC(=O)CCCN)cc1S(=O)(=O)NC1CC1. The highest BCUT2D eigenvalue weighted by molar-refractivity contribution is 7.89. The number of aryl methyl sites for hydroxylation is 1. The van der Waals surface area contributed by atoms with Crippen LogP contribution in [0.15, 0.2) is 23.1 Å². The summed E-state index contributed by atoms with van der Waals surface area (Å²) in [6.45, 7) is 2.19. The number of anilines is 1. The molecule has 0 aromatic heterocycles. The number of sulfonamides is 1. The van der Waals surface area contributed by atoms with Crippen LogP contribution in [-0.4, -0.2) is 26.9 Å². The lowest BCUT2D eigenvalue weighted by Gasteiger charge is -2.11. The Morgan fingerprint density at radius 1 is 1.38 bits per heavy atom. The molecule has 4 N–H and O–H groups in total. The molecule has 1 aliphatic rings. The summed E-state index contributed by atoms with van der Waals surface area (Å²) in [5.41, 5.74) is 6.50. The number of benzene rings is 1. The molecule has 0 bridgehead atoms. The van der Waals surface area contributed by atoms with Crippen LogP contribution in [0.5, 0.6) is 0 Å². The summed E-state index contributed by atoms with van der Waals surface area (Å²) in [7, 11) is -3.52. The van der Waals surface area contributed by atoms with E-state index in [-0.39, 0.29) is 16.8 Å². The first-order chi connectivity index (χ1) is 9.92. The molecule has 0 saturated heterocycles. The first-order valence-corrected chi connectivity index (χ1v) is 8.53. The fourth-order valence-electron chi connectivity index (χ4n) is 1.94. The van der Waals surface area contributed by atoms with Crippen molar-refractivity contribution >= 4 is 21.6 Å². The second-order valence-electron chi connectivity index (χ2n) is 5.32. The number of nitrogens with one attached hydrogen (secondary N) is 2. The van der Waals surface area contributed by atoms with E-state index in [0.29, 0.717) is 30.6 Å². The number of hydrogen-bond acceptors (Lipinski definition) is 4. The Bertz CT molecular complexity index is 624. The van der Waals surface area contributed by atoms with Gasteiger partial charge < -0.3 is 11.1 Å². The van der Waals surface area contributed by atoms with Gasteiger partial charge in [-0.3, -0.25) is 4.79 Å². The van der Waals surface area contributed by atoms with Gasteiger partial charge in [0.1, 0.15) is 0 Å². The minimum Gasteiger partial charge on any atom is -0.330 e. The number of carbonyl (C=O) groups excluding carboxylic acids is 1. The van der Waals surface area contributed by atoms with Crippen LogP contribution in [0.1, 0.15) is 31.2 Å². The van der Waals surface area contributed by atoms with E-state index in [0.717, 1.165) is 12.8 Å². The molecule has 0 atom stereocenters. The van der Waals surface area contributed by atoms with Crippen LogP contribution in [-0.2, 0) is 14.8 Å². The van der Waals surface area contributed by atoms with Crippen molar-refractivity contribution in [2.45, 2.75) is 43.5 Å². The van der Waals surface area contributed by atoms with Gasteiger partial charge in [-0.1, -0.05) is 6.07 Å². The average Bonchev–Trinajstić information content (AvgIpc) is 3.21. The molecule has 21 heavy (non-hydrogen) atoms. The van der Waals surface area contributed by atoms with Crippen molar-refractivity contribution in [2.24, 2.45) is 5.73 Å². The highest BCUT2D eigenvalue weighted by Crippen LogP contribution is 2.25. The first kappa shape index (κ1) is 15.9. The number of rotatable bonds is 7. The third kappa shape index (κ3) is 4.52. The average molecular weight is 311 g/mol. The molecule has 116 valence electrons. The van der Waals surface area contributed by atoms with Crippen molar-refractivity contribution in [1.82, 2.24) is 4.72 Å². The number of hydrogen-bond donors (Lipinski definition) is 3. The fourth-order valence-corrected chi connectivity index (χ4v) is 3.51. The van der Waals surface area contributed by atoms with Crippen LogP contribution >= 0.6 is 0 Å². The highest BCUT2D eigenvalue weighted by Gasteiger charge is 2.28. The molecule has 0 radical (unpaired) electrons. The van der Waals surface area contributed by atoms with Crippen LogP contribution in [0, 0.1) is 6.92 Å². The standard InChI is InChI=1S/C14H21N3O3S/c1-10-4-5-12(16-14(18)3-2-8-15)9-13(10)21(19,20)17-11-6-7-11/h4-5,9,11,17H,2-3,6-8,15H2,1H3,(H,16,18). The van der Waals surface area contributed by atoms with Gasteiger partial charge in [0.05, 0.1) is 4.90 Å². The summed E-state index contributed by atoms with van der Waals surface area (Å²) >= 11 is 0. The van der Waals surface area contributed by atoms with E-state index >= 15 is 0 Å². The Morgan fingerprint density at radius 2 is 2.10 bits per heavy atom. The predicted molar refractivity (Wildman–Crippen MR) is 81.4 cm³/mol. The van der Waals surface area contributed by atoms with E-state index in [1.807, 2.05) is 0 Å². The normalized spacial score (nSPS) is 15.0. The predicted octanol–water partition coefficient (Wildman–Crippen LogP) is 1.11. The molecular formula is C14H21N3O3S. The van der Waals surface area contributed by atoms with Gasteiger partial charge >= 0.3 is 0 Å². The van der Waals surface area contributed by atoms with E-state index in [4.69, 9.17) is 5.73 Å². The molecule has 0 unspecified atom stereocenters. The zero-order valence-corrected chi connectivity index (χ0v) is 12.9. The Morgan fingerprint density at radius 3 is 2.71 bits per heavy atom. The zero-order valence-electron chi connectivity index (χ0n) is 12.1. The van der Waals surface area contributed by atoms with Crippen molar-refractivity contribution in [3.8, 4) is 0 Å². The highest BCUT2D eigenvalue weighted by atomic mass is 32.2. The number of nitrogens with two attached hydrogens (primary N) is 1. The maximum absolute atomic E-state index is 12.3. The first-order valence-electron chi connectivity index (χ1n) is 7.05. The van der Waals surface area contributed by atoms with E-state index < -0.39 is 10.0 Å². The summed E-state index contributed by atoms with van der Waals surface area (Å²) in [6.07, 6.45) is 2.69. The van der Waals surface area contributed by atoms with Gasteiger partial charge in [0.25, 0.3) is 0 Å². The van der Waals surface area contributed by atoms with Crippen LogP contribution < -0.4 is 15.8 Å². The van der Waals surface area contributed by atoms with Gasteiger partial charge in [0, 0.05) is 18.2 Å². The van der Waals surface area contributed by atoms with Gasteiger partial charge in [-0.05, 0) is 50.4 Å². The van der Waals surface area contributed by atoms with Crippen molar-refractivity contribution < 1.29 is 13.2 Å². The smallest absolute Gasteiger partial charge is 0.241 e. The molecule has 0 aliphatic heterocycles. The van der Waals surface area contributed by atoms with Crippen LogP contribution in [0.25, 0.3) is 0 Å². The lowest BCUT2D eigenvalue weighted by Crippen LogP contribution is -2.26. The van der Waals surface area contributed by atoms with E-state index in [1.165, 1.54) is 6.07 Å². The maximum atomic E-state index is 12.3. The van der Waals surface area contributed by atoms with E-state index in [1.54, 1.807) is 19.1 Å². The topological polar surface area (TPSA) is 101 Å². The van der Waals surface area contributed by atoms with Gasteiger partial charge in [0.2, 0.25) is 15.9 Å². The molecule has 2 rings (SSSR count). The molecule has 7 heteroatoms. The Kier molecular flexibility index (Phi) is 4.97. The van der Waals surface area contributed by atoms with Gasteiger partial charge in [-0.25, -0.2) is 13.1 Å². The lowest BCUT2D eigenvalue weighted by atomic mass is 10.2. The van der Waals surface area contributed by atoms with Gasteiger partial charge in [0.15, 0.2) is 0 Å². The monoisotopic (exact) mass is 311 g/mol. The molecule has 1 fully saturated rings. The minimum atomic E-state index is -3.52. The van der Waals surface area contributed by atoms with E-state index in [9.17, 15) is 13.2 Å². The Hall–Kier alpha value is -1.44. The fraction of sp³-hybridized carbons (Fsp3) is 0.500. The Balaban J connectivity index is 2.14. The summed E-state index contributed by atoms with van der Waals surface area (Å²) in [4.78, 5) is 11.9. The van der Waals surface area contributed by atoms with Crippen molar-refractivity contribution in [2.75, 3.05) is 11.9 Å².